The lowest BCUT2D eigenvalue weighted by molar-refractivity contribution is -0.142. The van der Waals surface area contributed by atoms with Crippen molar-refractivity contribution in [3.8, 4) is 28.7 Å². The Kier molecular flexibility index (Phi) is 4.02. The van der Waals surface area contributed by atoms with Gasteiger partial charge in [-0.25, -0.2) is 14.6 Å². The zero-order chi connectivity index (χ0) is 18.5. The number of hydrogen-bond acceptors (Lipinski definition) is 4. The van der Waals surface area contributed by atoms with E-state index < -0.39 is 12.7 Å². The first kappa shape index (κ1) is 17.1. The molecule has 0 saturated heterocycles. The van der Waals surface area contributed by atoms with Crippen LogP contribution in [0.3, 0.4) is 0 Å². The fourth-order valence-electron chi connectivity index (χ4n) is 2.89. The average molecular weight is 428 g/mol. The smallest absolute Gasteiger partial charge is 0.408 e. The maximum absolute atomic E-state index is 12.8. The highest BCUT2D eigenvalue weighted by Gasteiger charge is 2.31. The van der Waals surface area contributed by atoms with Gasteiger partial charge in [0.2, 0.25) is 0 Å². The van der Waals surface area contributed by atoms with Gasteiger partial charge < -0.3 is 9.30 Å². The third-order valence-corrected chi connectivity index (χ3v) is 4.38. The van der Waals surface area contributed by atoms with Crippen molar-refractivity contribution in [3.05, 3.63) is 34.7 Å². The first-order valence-electron chi connectivity index (χ1n) is 7.78. The number of ether oxygens (including phenoxy) is 1. The summed E-state index contributed by atoms with van der Waals surface area (Å²) in [4.78, 5) is 8.67. The number of hydrogen-bond donors (Lipinski definition) is 0. The number of nitrogens with zero attached hydrogens (tertiary/aromatic N) is 5. The van der Waals surface area contributed by atoms with Crippen molar-refractivity contribution < 1.29 is 17.9 Å². The molecule has 136 valence electrons. The van der Waals surface area contributed by atoms with Gasteiger partial charge in [-0.1, -0.05) is 15.9 Å². The molecule has 0 N–H and O–H groups in total. The van der Waals surface area contributed by atoms with Crippen LogP contribution in [0.5, 0.6) is 5.75 Å². The van der Waals surface area contributed by atoms with Gasteiger partial charge in [0.05, 0.1) is 12.1 Å². The molecule has 0 saturated carbocycles. The molecule has 1 aliphatic rings. The minimum atomic E-state index is -4.39. The summed E-state index contributed by atoms with van der Waals surface area (Å²) in [5.74, 6) is 1.66. The molecule has 0 aliphatic carbocycles. The molecule has 0 bridgehead atoms. The van der Waals surface area contributed by atoms with Gasteiger partial charge in [-0.15, -0.1) is 0 Å². The number of benzene rings is 1. The van der Waals surface area contributed by atoms with Gasteiger partial charge >= 0.3 is 6.18 Å². The minimum absolute atomic E-state index is 0.0972. The Hall–Kier alpha value is -2.36. The second-order valence-corrected chi connectivity index (χ2v) is 6.80. The molecule has 0 fully saturated rings. The summed E-state index contributed by atoms with van der Waals surface area (Å²) >= 11 is 3.40. The zero-order valence-electron chi connectivity index (χ0n) is 13.6. The highest BCUT2D eigenvalue weighted by molar-refractivity contribution is 9.10. The van der Waals surface area contributed by atoms with Crippen molar-refractivity contribution in [2.45, 2.75) is 26.2 Å². The van der Waals surface area contributed by atoms with Crippen LogP contribution in [0, 0.1) is 6.92 Å². The number of fused-ring (bicyclic) bond motifs is 3. The van der Waals surface area contributed by atoms with Gasteiger partial charge in [-0.05, 0) is 25.1 Å². The Labute approximate surface area is 154 Å². The summed E-state index contributed by atoms with van der Waals surface area (Å²) in [5, 5.41) is 3.86. The van der Waals surface area contributed by atoms with E-state index in [2.05, 4.69) is 31.0 Å². The number of rotatable bonds is 2. The van der Waals surface area contributed by atoms with Gasteiger partial charge in [0.15, 0.2) is 5.82 Å². The topological polar surface area (TPSA) is 57.8 Å². The highest BCUT2D eigenvalue weighted by atomic mass is 79.9. The second kappa shape index (κ2) is 6.11. The van der Waals surface area contributed by atoms with Crippen LogP contribution >= 0.6 is 15.9 Å². The fourth-order valence-corrected chi connectivity index (χ4v) is 3.23. The molecule has 3 heterocycles. The normalized spacial score (nSPS) is 13.7. The quantitative estimate of drug-likeness (QED) is 0.623. The van der Waals surface area contributed by atoms with Crippen LogP contribution in [0.4, 0.5) is 13.2 Å². The monoisotopic (exact) mass is 427 g/mol. The SMILES string of the molecule is Cc1nc(-c2cn3c(n2)-c2ccc(Br)cc2OCC3)n(CC(F)(F)F)n1. The van der Waals surface area contributed by atoms with Crippen LogP contribution < -0.4 is 4.74 Å². The van der Waals surface area contributed by atoms with E-state index in [4.69, 9.17) is 4.74 Å². The molecule has 1 aromatic carbocycles. The van der Waals surface area contributed by atoms with E-state index in [0.29, 0.717) is 30.4 Å². The van der Waals surface area contributed by atoms with Crippen molar-refractivity contribution in [2.75, 3.05) is 6.61 Å². The molecular formula is C16H13BrF3N5O. The predicted molar refractivity (Wildman–Crippen MR) is 90.7 cm³/mol. The van der Waals surface area contributed by atoms with Gasteiger partial charge in [0, 0.05) is 10.7 Å². The van der Waals surface area contributed by atoms with Gasteiger partial charge in [0.25, 0.3) is 0 Å². The molecule has 3 aromatic rings. The number of aromatic nitrogens is 5. The third kappa shape index (κ3) is 3.20. The lowest BCUT2D eigenvalue weighted by Crippen LogP contribution is -2.19. The first-order chi connectivity index (χ1) is 12.3. The van der Waals surface area contributed by atoms with Crippen molar-refractivity contribution in [3.63, 3.8) is 0 Å². The summed E-state index contributed by atoms with van der Waals surface area (Å²) in [6.45, 7) is 1.30. The molecule has 10 heteroatoms. The Balaban J connectivity index is 1.81. The molecule has 2 aromatic heterocycles. The first-order valence-corrected chi connectivity index (χ1v) is 8.58. The van der Waals surface area contributed by atoms with E-state index in [1.165, 1.54) is 0 Å². The van der Waals surface area contributed by atoms with Crippen LogP contribution in [-0.4, -0.2) is 37.1 Å². The lowest BCUT2D eigenvalue weighted by Gasteiger charge is -2.08. The molecule has 0 atom stereocenters. The molecule has 4 rings (SSSR count). The molecular weight excluding hydrogens is 415 g/mol. The van der Waals surface area contributed by atoms with E-state index in [1.807, 2.05) is 22.8 Å². The van der Waals surface area contributed by atoms with Crippen molar-refractivity contribution in [1.82, 2.24) is 24.3 Å². The van der Waals surface area contributed by atoms with Crippen LogP contribution in [0.1, 0.15) is 5.82 Å². The number of alkyl halides is 3. The Bertz CT molecular complexity index is 979. The molecule has 6 nitrogen and oxygen atoms in total. The van der Waals surface area contributed by atoms with Crippen molar-refractivity contribution >= 4 is 15.9 Å². The van der Waals surface area contributed by atoms with Gasteiger partial charge in [-0.2, -0.15) is 18.3 Å². The molecule has 26 heavy (non-hydrogen) atoms. The summed E-state index contributed by atoms with van der Waals surface area (Å²) in [5.41, 5.74) is 1.12. The molecule has 0 spiro atoms. The highest BCUT2D eigenvalue weighted by Crippen LogP contribution is 2.35. The van der Waals surface area contributed by atoms with Crippen LogP contribution in [0.25, 0.3) is 22.9 Å². The second-order valence-electron chi connectivity index (χ2n) is 5.89. The lowest BCUT2D eigenvalue weighted by atomic mass is 10.2. The minimum Gasteiger partial charge on any atom is -0.491 e. The fraction of sp³-hybridized carbons (Fsp3) is 0.312. The van der Waals surface area contributed by atoms with Crippen LogP contribution in [-0.2, 0) is 13.1 Å². The van der Waals surface area contributed by atoms with Crippen LogP contribution in [0.2, 0.25) is 0 Å². The van der Waals surface area contributed by atoms with Crippen molar-refractivity contribution in [1.29, 1.82) is 0 Å². The maximum Gasteiger partial charge on any atom is 0.408 e. The Morgan fingerprint density at radius 1 is 1.23 bits per heavy atom. The number of halogens is 4. The van der Waals surface area contributed by atoms with E-state index in [0.717, 1.165) is 14.7 Å². The average Bonchev–Trinajstić information content (AvgIpc) is 3.05. The summed E-state index contributed by atoms with van der Waals surface area (Å²) in [7, 11) is 0. The third-order valence-electron chi connectivity index (χ3n) is 3.89. The Morgan fingerprint density at radius 2 is 2.04 bits per heavy atom. The van der Waals surface area contributed by atoms with E-state index >= 15 is 0 Å². The van der Waals surface area contributed by atoms with E-state index in [-0.39, 0.29) is 11.6 Å². The van der Waals surface area contributed by atoms with E-state index in [9.17, 15) is 13.2 Å². The van der Waals surface area contributed by atoms with E-state index in [1.54, 1.807) is 13.1 Å². The number of aryl methyl sites for hydroxylation is 1. The summed E-state index contributed by atoms with van der Waals surface area (Å²) in [6, 6.07) is 5.57. The van der Waals surface area contributed by atoms with Crippen LogP contribution in [0.15, 0.2) is 28.9 Å². The van der Waals surface area contributed by atoms with Gasteiger partial charge in [-0.3, -0.25) is 0 Å². The molecule has 1 aliphatic heterocycles. The zero-order valence-corrected chi connectivity index (χ0v) is 15.2. The maximum atomic E-state index is 12.8. The largest absolute Gasteiger partial charge is 0.491 e. The number of imidazole rings is 1. The van der Waals surface area contributed by atoms with Crippen molar-refractivity contribution in [2.24, 2.45) is 0 Å². The predicted octanol–water partition coefficient (Wildman–Crippen LogP) is 3.83. The molecule has 0 radical (unpaired) electrons. The van der Waals surface area contributed by atoms with Gasteiger partial charge in [0.1, 0.15) is 36.2 Å². The summed E-state index contributed by atoms with van der Waals surface area (Å²) < 4.78 is 47.8. The molecule has 0 amide bonds. The standard InChI is InChI=1S/C16H13BrF3N5O/c1-9-21-15(25(23-9)8-16(18,19)20)12-7-24-4-5-26-13-6-10(17)2-3-11(13)14(24)22-12/h2-3,6-7H,4-5,8H2,1H3. The summed E-state index contributed by atoms with van der Waals surface area (Å²) in [6.07, 6.45) is -2.70. The molecule has 0 unspecified atom stereocenters. The Morgan fingerprint density at radius 3 is 2.81 bits per heavy atom.